The third-order valence-corrected chi connectivity index (χ3v) is 2.44. The molecule has 1 amide bonds. The lowest BCUT2D eigenvalue weighted by Gasteiger charge is -2.11. The van der Waals surface area contributed by atoms with Crippen LogP contribution in [0.1, 0.15) is 15.9 Å². The van der Waals surface area contributed by atoms with E-state index in [2.05, 4.69) is 15.3 Å². The molecule has 0 spiro atoms. The highest BCUT2D eigenvalue weighted by molar-refractivity contribution is 6.05. The van der Waals surface area contributed by atoms with Crippen LogP contribution in [0, 0.1) is 0 Å². The van der Waals surface area contributed by atoms with Gasteiger partial charge in [-0.1, -0.05) is 0 Å². The summed E-state index contributed by atoms with van der Waals surface area (Å²) in [5.41, 5.74) is 4.52. The Kier molecular flexibility index (Phi) is 3.55. The van der Waals surface area contributed by atoms with Gasteiger partial charge < -0.3 is 11.1 Å². The molecule has 3 N–H and O–H groups in total. The smallest absolute Gasteiger partial charge is 0.382 e. The zero-order valence-corrected chi connectivity index (χ0v) is 9.98. The van der Waals surface area contributed by atoms with E-state index in [0.29, 0.717) is 6.20 Å². The lowest BCUT2D eigenvalue weighted by Crippen LogP contribution is -2.15. The Morgan fingerprint density at radius 1 is 1.25 bits per heavy atom. The molecule has 104 valence electrons. The third kappa shape index (κ3) is 3.02. The van der Waals surface area contributed by atoms with E-state index in [1.165, 1.54) is 24.5 Å². The van der Waals surface area contributed by atoms with Gasteiger partial charge in [-0.15, -0.1) is 0 Å². The number of rotatable bonds is 2. The van der Waals surface area contributed by atoms with Gasteiger partial charge in [0.05, 0.1) is 11.3 Å². The summed E-state index contributed by atoms with van der Waals surface area (Å²) in [5.74, 6) is -0.791. The van der Waals surface area contributed by atoms with Crippen LogP contribution in [0.15, 0.2) is 36.8 Å². The number of nitrogens with two attached hydrogens (primary N) is 1. The van der Waals surface area contributed by atoms with E-state index in [4.69, 9.17) is 5.73 Å². The van der Waals surface area contributed by atoms with Crippen molar-refractivity contribution in [3.8, 4) is 0 Å². The maximum Gasteiger partial charge on any atom is 0.417 e. The van der Waals surface area contributed by atoms with Gasteiger partial charge in [0.1, 0.15) is 5.82 Å². The lowest BCUT2D eigenvalue weighted by molar-refractivity contribution is -0.137. The second-order valence-electron chi connectivity index (χ2n) is 3.84. The van der Waals surface area contributed by atoms with Crippen LogP contribution in [0.3, 0.4) is 0 Å². The number of carbonyl (C=O) groups is 1. The van der Waals surface area contributed by atoms with Crippen LogP contribution in [-0.2, 0) is 6.18 Å². The molecule has 2 aromatic heterocycles. The van der Waals surface area contributed by atoms with Crippen molar-refractivity contribution in [2.45, 2.75) is 6.18 Å². The predicted molar refractivity (Wildman–Crippen MR) is 65.8 cm³/mol. The predicted octanol–water partition coefficient (Wildman–Crippen LogP) is 2.33. The van der Waals surface area contributed by atoms with Gasteiger partial charge in [0.15, 0.2) is 0 Å². The summed E-state index contributed by atoms with van der Waals surface area (Å²) in [6, 6.07) is 3.58. The van der Waals surface area contributed by atoms with E-state index in [9.17, 15) is 18.0 Å². The second-order valence-corrected chi connectivity index (χ2v) is 3.84. The summed E-state index contributed by atoms with van der Waals surface area (Å²) in [6.45, 7) is 0. The van der Waals surface area contributed by atoms with Gasteiger partial charge in [-0.2, -0.15) is 13.2 Å². The van der Waals surface area contributed by atoms with Gasteiger partial charge in [0.2, 0.25) is 0 Å². The number of hydrogen-bond donors (Lipinski definition) is 2. The molecule has 8 heteroatoms. The van der Waals surface area contributed by atoms with E-state index >= 15 is 0 Å². The van der Waals surface area contributed by atoms with Crippen LogP contribution >= 0.6 is 0 Å². The van der Waals surface area contributed by atoms with E-state index in [0.717, 1.165) is 6.07 Å². The Bertz CT molecular complexity index is 628. The highest BCUT2D eigenvalue weighted by atomic mass is 19.4. The Labute approximate surface area is 111 Å². The minimum Gasteiger partial charge on any atom is -0.382 e. The highest BCUT2D eigenvalue weighted by Gasteiger charge is 2.31. The molecule has 0 bridgehead atoms. The van der Waals surface area contributed by atoms with Crippen LogP contribution in [0.2, 0.25) is 0 Å². The minimum absolute atomic E-state index is 0.193. The zero-order valence-electron chi connectivity index (χ0n) is 9.98. The van der Waals surface area contributed by atoms with Crippen LogP contribution in [-0.4, -0.2) is 15.9 Å². The quantitative estimate of drug-likeness (QED) is 0.885. The van der Waals surface area contributed by atoms with Crippen molar-refractivity contribution >= 4 is 17.4 Å². The summed E-state index contributed by atoms with van der Waals surface area (Å²) < 4.78 is 37.7. The van der Waals surface area contributed by atoms with Crippen LogP contribution in [0.25, 0.3) is 0 Å². The fourth-order valence-corrected chi connectivity index (χ4v) is 1.43. The fourth-order valence-electron chi connectivity index (χ4n) is 1.43. The molecule has 0 unspecified atom stereocenters. The number of nitrogens with one attached hydrogen (secondary N) is 1. The van der Waals surface area contributed by atoms with Crippen molar-refractivity contribution in [1.82, 2.24) is 9.97 Å². The van der Waals surface area contributed by atoms with E-state index in [1.54, 1.807) is 0 Å². The molecule has 2 heterocycles. The molecule has 0 saturated carbocycles. The molecule has 20 heavy (non-hydrogen) atoms. The van der Waals surface area contributed by atoms with Gasteiger partial charge in [-0.25, -0.2) is 4.98 Å². The first-order valence-corrected chi connectivity index (χ1v) is 5.42. The molecular formula is C12H9F3N4O. The van der Waals surface area contributed by atoms with Gasteiger partial charge in [0, 0.05) is 24.2 Å². The van der Waals surface area contributed by atoms with E-state index < -0.39 is 17.6 Å². The molecule has 0 aliphatic heterocycles. The van der Waals surface area contributed by atoms with Crippen molar-refractivity contribution in [1.29, 1.82) is 0 Å². The molecule has 0 saturated heterocycles. The number of anilines is 2. The van der Waals surface area contributed by atoms with Gasteiger partial charge in [0.25, 0.3) is 5.91 Å². The monoisotopic (exact) mass is 282 g/mol. The van der Waals surface area contributed by atoms with E-state index in [-0.39, 0.29) is 17.1 Å². The molecule has 2 aromatic rings. The highest BCUT2D eigenvalue weighted by Crippen LogP contribution is 2.31. The molecule has 2 rings (SSSR count). The first-order chi connectivity index (χ1) is 9.38. The molecule has 0 aliphatic rings. The fraction of sp³-hybridized carbons (Fsp3) is 0.0833. The largest absolute Gasteiger partial charge is 0.417 e. The summed E-state index contributed by atoms with van der Waals surface area (Å²) in [4.78, 5) is 19.0. The summed E-state index contributed by atoms with van der Waals surface area (Å²) in [6.07, 6.45) is -1.17. The number of carbonyl (C=O) groups excluding carboxylic acids is 1. The van der Waals surface area contributed by atoms with Gasteiger partial charge in [-0.05, 0) is 18.2 Å². The molecular weight excluding hydrogens is 273 g/mol. The Balaban J connectivity index is 2.27. The lowest BCUT2D eigenvalue weighted by atomic mass is 10.2. The summed E-state index contributed by atoms with van der Waals surface area (Å²) in [7, 11) is 0. The van der Waals surface area contributed by atoms with Crippen molar-refractivity contribution < 1.29 is 18.0 Å². The van der Waals surface area contributed by atoms with Gasteiger partial charge >= 0.3 is 6.18 Å². The number of pyridine rings is 2. The number of alkyl halides is 3. The maximum absolute atomic E-state index is 12.6. The average Bonchev–Trinajstić information content (AvgIpc) is 2.41. The molecule has 0 aromatic carbocycles. The molecule has 0 radical (unpaired) electrons. The number of halogens is 3. The standard InChI is InChI=1S/C12H9F3N4O/c13-12(14,15)8-5-9(10(16)18-6-8)19-11(20)7-1-3-17-4-2-7/h1-6H,(H2,16,18)(H,19,20). The number of nitrogens with zero attached hydrogens (tertiary/aromatic N) is 2. The first-order valence-electron chi connectivity index (χ1n) is 5.42. The third-order valence-electron chi connectivity index (χ3n) is 2.44. The number of nitrogen functional groups attached to an aromatic ring is 1. The Hall–Kier alpha value is -2.64. The maximum atomic E-state index is 12.6. The minimum atomic E-state index is -4.56. The van der Waals surface area contributed by atoms with Crippen molar-refractivity contribution in [3.63, 3.8) is 0 Å². The van der Waals surface area contributed by atoms with Crippen LogP contribution < -0.4 is 11.1 Å². The Morgan fingerprint density at radius 3 is 2.50 bits per heavy atom. The normalized spacial score (nSPS) is 11.2. The topological polar surface area (TPSA) is 80.9 Å². The van der Waals surface area contributed by atoms with Gasteiger partial charge in [-0.3, -0.25) is 9.78 Å². The zero-order chi connectivity index (χ0) is 14.8. The second kappa shape index (κ2) is 5.16. The number of amides is 1. The number of hydrogen-bond acceptors (Lipinski definition) is 4. The molecule has 5 nitrogen and oxygen atoms in total. The Morgan fingerprint density at radius 2 is 1.90 bits per heavy atom. The number of aromatic nitrogens is 2. The average molecular weight is 282 g/mol. The first kappa shape index (κ1) is 13.8. The van der Waals surface area contributed by atoms with Crippen molar-refractivity contribution in [2.75, 3.05) is 11.1 Å². The molecule has 0 atom stereocenters. The summed E-state index contributed by atoms with van der Waals surface area (Å²) >= 11 is 0. The molecule has 0 fully saturated rings. The van der Waals surface area contributed by atoms with E-state index in [1.807, 2.05) is 0 Å². The van der Waals surface area contributed by atoms with Crippen LogP contribution in [0.4, 0.5) is 24.7 Å². The van der Waals surface area contributed by atoms with Crippen LogP contribution in [0.5, 0.6) is 0 Å². The van der Waals surface area contributed by atoms with Crippen molar-refractivity contribution in [2.24, 2.45) is 0 Å². The summed E-state index contributed by atoms with van der Waals surface area (Å²) in [5, 5.41) is 2.28. The SMILES string of the molecule is Nc1ncc(C(F)(F)F)cc1NC(=O)c1ccncc1. The molecule has 0 aliphatic carbocycles. The van der Waals surface area contributed by atoms with Crippen molar-refractivity contribution in [3.05, 3.63) is 47.9 Å².